The van der Waals surface area contributed by atoms with E-state index in [1.54, 1.807) is 0 Å². The molecule has 0 unspecified atom stereocenters. The van der Waals surface area contributed by atoms with Gasteiger partial charge in [-0.3, -0.25) is 4.79 Å². The van der Waals surface area contributed by atoms with Gasteiger partial charge in [0.2, 0.25) is 5.91 Å². The maximum atomic E-state index is 14.9. The van der Waals surface area contributed by atoms with E-state index in [-0.39, 0.29) is 36.7 Å². The van der Waals surface area contributed by atoms with Gasteiger partial charge in [0, 0.05) is 24.1 Å². The van der Waals surface area contributed by atoms with Crippen molar-refractivity contribution in [2.75, 3.05) is 11.9 Å². The lowest BCUT2D eigenvalue weighted by Crippen LogP contribution is -2.70. The predicted octanol–water partition coefficient (Wildman–Crippen LogP) is 9.70. The summed E-state index contributed by atoms with van der Waals surface area (Å²) in [5, 5.41) is 14.3. The SMILES string of the molecule is CC[Si](CC)(CC)O[C@@H]1C[C@]23O[C@]24CC[C@@H](CO)[C@](C)(C(=O)Nc2ccc(CC=C(C)C)cc2C)[C@@]4(C)CC[C@@H]3O[C@@H]1C(C)(C)OCc1ccccc1. The second-order valence-corrected chi connectivity index (χ2v) is 22.6. The number of epoxide rings is 1. The van der Waals surface area contributed by atoms with Crippen molar-refractivity contribution in [3.63, 3.8) is 0 Å². The van der Waals surface area contributed by atoms with Crippen molar-refractivity contribution in [2.45, 2.75) is 168 Å². The number of benzene rings is 2. The van der Waals surface area contributed by atoms with E-state index in [4.69, 9.17) is 18.6 Å². The molecule has 2 aliphatic heterocycles. The van der Waals surface area contributed by atoms with Gasteiger partial charge >= 0.3 is 0 Å². The standard InChI is InChI=1S/C45H67NO6Si/c1-11-53(12-2,13-3)51-37-28-44-38(50-39(37)41(7,8)49-30-34-17-15-14-16-18-34)24-25-42(9)43(10,35(29-47)23-26-45(42,44)52-44)40(48)46-36-22-21-33(27-32(36)6)20-19-31(4)5/h14-19,21-22,27,35,37-39,47H,11-13,20,23-26,28-30H2,1-10H3,(H,46,48)/t35-,37+,38-,39-,42+,43+,44+,45-/m0/s1. The van der Waals surface area contributed by atoms with Gasteiger partial charge in [-0.15, -0.1) is 0 Å². The summed E-state index contributed by atoms with van der Waals surface area (Å²) in [7, 11) is -2.07. The lowest BCUT2D eigenvalue weighted by atomic mass is 9.42. The van der Waals surface area contributed by atoms with Crippen molar-refractivity contribution in [3.05, 3.63) is 76.9 Å². The second kappa shape index (κ2) is 15.0. The summed E-state index contributed by atoms with van der Waals surface area (Å²) in [5.74, 6) is -0.224. The summed E-state index contributed by atoms with van der Waals surface area (Å²) in [5.41, 5.74) is 2.39. The Labute approximate surface area is 320 Å². The highest BCUT2D eigenvalue weighted by Crippen LogP contribution is 2.78. The number of hydrogen-bond donors (Lipinski definition) is 2. The van der Waals surface area contributed by atoms with Crippen LogP contribution >= 0.6 is 0 Å². The Morgan fingerprint density at radius 2 is 1.72 bits per heavy atom. The molecule has 2 N–H and O–H groups in total. The van der Waals surface area contributed by atoms with Gasteiger partial charge in [0.25, 0.3) is 0 Å². The first-order chi connectivity index (χ1) is 25.1. The Kier molecular flexibility index (Phi) is 11.4. The van der Waals surface area contributed by atoms with Crippen molar-refractivity contribution in [2.24, 2.45) is 16.7 Å². The molecule has 2 aromatic rings. The van der Waals surface area contributed by atoms with Gasteiger partial charge in [-0.05, 0) is 120 Å². The fourth-order valence-electron chi connectivity index (χ4n) is 10.8. The molecule has 2 saturated carbocycles. The number of aryl methyl sites for hydroxylation is 1. The first-order valence-electron chi connectivity index (χ1n) is 20.5. The molecule has 2 aliphatic carbocycles. The average molecular weight is 746 g/mol. The van der Waals surface area contributed by atoms with Crippen LogP contribution in [0.1, 0.15) is 111 Å². The normalized spacial score (nSPS) is 33.6. The van der Waals surface area contributed by atoms with E-state index >= 15 is 0 Å². The van der Waals surface area contributed by atoms with Gasteiger partial charge in [-0.25, -0.2) is 0 Å². The van der Waals surface area contributed by atoms with Crippen molar-refractivity contribution < 1.29 is 28.5 Å². The lowest BCUT2D eigenvalue weighted by Gasteiger charge is -2.61. The lowest BCUT2D eigenvalue weighted by molar-refractivity contribution is -0.235. The Morgan fingerprint density at radius 1 is 1.02 bits per heavy atom. The summed E-state index contributed by atoms with van der Waals surface area (Å²) in [6.45, 7) is 22.3. The van der Waals surface area contributed by atoms with Crippen molar-refractivity contribution in [1.29, 1.82) is 0 Å². The summed E-state index contributed by atoms with van der Waals surface area (Å²) in [4.78, 5) is 14.9. The fourth-order valence-corrected chi connectivity index (χ4v) is 13.7. The molecule has 2 aromatic carbocycles. The Bertz CT molecular complexity index is 1640. The van der Waals surface area contributed by atoms with Gasteiger partial charge in [0.15, 0.2) is 8.32 Å². The number of nitrogens with one attached hydrogen (secondary N) is 1. The Morgan fingerprint density at radius 3 is 2.34 bits per heavy atom. The number of carbonyl (C=O) groups excluding carboxylic acids is 1. The van der Waals surface area contributed by atoms with Gasteiger partial charge in [0.05, 0.1) is 29.8 Å². The number of carbonyl (C=O) groups is 1. The number of aliphatic hydroxyl groups excluding tert-OH is 1. The van der Waals surface area contributed by atoms with Gasteiger partial charge in [0.1, 0.15) is 17.3 Å². The minimum Gasteiger partial charge on any atom is -0.411 e. The Hall–Kier alpha value is -2.33. The fraction of sp³-hybridized carbons (Fsp3) is 0.667. The number of ether oxygens (including phenoxy) is 3. The smallest absolute Gasteiger partial charge is 0.231 e. The number of allylic oxidation sites excluding steroid dienone is 2. The molecule has 8 atom stereocenters. The zero-order valence-electron chi connectivity index (χ0n) is 34.3. The van der Waals surface area contributed by atoms with Gasteiger partial charge < -0.3 is 29.1 Å². The van der Waals surface area contributed by atoms with Crippen LogP contribution in [0.4, 0.5) is 5.69 Å². The maximum Gasteiger partial charge on any atom is 0.231 e. The van der Waals surface area contributed by atoms with Crippen molar-refractivity contribution in [1.82, 2.24) is 0 Å². The van der Waals surface area contributed by atoms with Gasteiger partial charge in [-0.2, -0.15) is 0 Å². The van der Waals surface area contributed by atoms with E-state index in [1.807, 2.05) is 12.1 Å². The van der Waals surface area contributed by atoms with Gasteiger partial charge in [-0.1, -0.05) is 81.8 Å². The molecule has 292 valence electrons. The average Bonchev–Trinajstić information content (AvgIpc) is 3.81. The minimum atomic E-state index is -2.07. The highest BCUT2D eigenvalue weighted by Gasteiger charge is 2.88. The van der Waals surface area contributed by atoms with Crippen LogP contribution in [0.5, 0.6) is 0 Å². The van der Waals surface area contributed by atoms with E-state index < -0.39 is 36.0 Å². The van der Waals surface area contributed by atoms with E-state index in [9.17, 15) is 9.90 Å². The second-order valence-electron chi connectivity index (χ2n) is 17.9. The van der Waals surface area contributed by atoms with Crippen LogP contribution in [0.2, 0.25) is 18.1 Å². The molecule has 0 bridgehead atoms. The molecule has 4 fully saturated rings. The third-order valence-electron chi connectivity index (χ3n) is 14.7. The highest BCUT2D eigenvalue weighted by atomic mass is 28.4. The van der Waals surface area contributed by atoms with E-state index in [0.717, 1.165) is 67.1 Å². The highest BCUT2D eigenvalue weighted by molar-refractivity contribution is 6.73. The van der Waals surface area contributed by atoms with E-state index in [1.165, 1.54) is 11.1 Å². The molecule has 7 nitrogen and oxygen atoms in total. The van der Waals surface area contributed by atoms with Crippen LogP contribution < -0.4 is 5.32 Å². The van der Waals surface area contributed by atoms with Crippen LogP contribution in [0.3, 0.4) is 0 Å². The maximum absolute atomic E-state index is 14.9. The number of aliphatic hydroxyl groups is 1. The molecular weight excluding hydrogens is 679 g/mol. The van der Waals surface area contributed by atoms with Crippen LogP contribution in [0, 0.1) is 23.7 Å². The molecule has 4 aliphatic rings. The first-order valence-corrected chi connectivity index (χ1v) is 23.0. The largest absolute Gasteiger partial charge is 0.411 e. The topological polar surface area (TPSA) is 89.5 Å². The third kappa shape index (κ3) is 6.71. The number of rotatable bonds is 14. The first kappa shape index (κ1) is 40.3. The summed E-state index contributed by atoms with van der Waals surface area (Å²) in [6.07, 6.45) is 6.25. The minimum absolute atomic E-state index is 0.0328. The predicted molar refractivity (Wildman–Crippen MR) is 215 cm³/mol. The molecule has 6 rings (SSSR count). The number of hydrogen-bond acceptors (Lipinski definition) is 6. The summed E-state index contributed by atoms with van der Waals surface area (Å²) in [6, 6.07) is 19.8. The van der Waals surface area contributed by atoms with Crippen LogP contribution in [0.25, 0.3) is 0 Å². The van der Waals surface area contributed by atoms with Crippen LogP contribution in [-0.4, -0.2) is 61.1 Å². The quantitative estimate of drug-likeness (QED) is 0.114. The van der Waals surface area contributed by atoms with Crippen LogP contribution in [0.15, 0.2) is 60.2 Å². The van der Waals surface area contributed by atoms with E-state index in [2.05, 4.69) is 117 Å². The zero-order valence-corrected chi connectivity index (χ0v) is 35.3. The molecule has 2 heterocycles. The molecule has 0 aromatic heterocycles. The summed E-state index contributed by atoms with van der Waals surface area (Å²) < 4.78 is 28.7. The molecule has 2 saturated heterocycles. The Balaban J connectivity index is 1.32. The van der Waals surface area contributed by atoms with E-state index in [0.29, 0.717) is 13.0 Å². The molecule has 8 heteroatoms. The molecular formula is C45H67NO6Si. The molecule has 53 heavy (non-hydrogen) atoms. The van der Waals surface area contributed by atoms with Crippen molar-refractivity contribution in [3.8, 4) is 0 Å². The molecule has 1 amide bonds. The number of anilines is 1. The van der Waals surface area contributed by atoms with Crippen LogP contribution in [-0.2, 0) is 36.5 Å². The zero-order chi connectivity index (χ0) is 38.5. The third-order valence-corrected chi connectivity index (χ3v) is 19.4. The molecule has 2 spiro atoms. The van der Waals surface area contributed by atoms with Crippen molar-refractivity contribution >= 4 is 19.9 Å². The number of amides is 1. The molecule has 0 radical (unpaired) electrons. The monoisotopic (exact) mass is 745 g/mol. The summed E-state index contributed by atoms with van der Waals surface area (Å²) >= 11 is 0.